The molecule has 0 aliphatic carbocycles. The molecular formula is C27H33N3O2. The number of nitrogens with one attached hydrogen (secondary N) is 1. The first-order chi connectivity index (χ1) is 15.6. The molecule has 168 valence electrons. The molecule has 1 atom stereocenters. The first-order valence-corrected chi connectivity index (χ1v) is 11.5. The number of hydrogen-bond acceptors (Lipinski definition) is 4. The van der Waals surface area contributed by atoms with E-state index in [0.29, 0.717) is 6.04 Å². The zero-order valence-corrected chi connectivity index (χ0v) is 19.0. The third-order valence-electron chi connectivity index (χ3n) is 6.34. The van der Waals surface area contributed by atoms with Gasteiger partial charge in [-0.1, -0.05) is 30.3 Å². The Labute approximate surface area is 191 Å². The fraction of sp³-hybridized carbons (Fsp3) is 0.370. The van der Waals surface area contributed by atoms with Gasteiger partial charge in [0.2, 0.25) is 0 Å². The van der Waals surface area contributed by atoms with E-state index in [0.717, 1.165) is 50.2 Å². The smallest absolute Gasteiger partial charge is 0.253 e. The van der Waals surface area contributed by atoms with Gasteiger partial charge >= 0.3 is 0 Å². The number of carbonyl (C=O) groups excluding carboxylic acids is 1. The Balaban J connectivity index is 1.26. The predicted octanol–water partition coefficient (Wildman–Crippen LogP) is 4.76. The normalized spacial score (nSPS) is 15.5. The molecule has 0 saturated carbocycles. The van der Waals surface area contributed by atoms with E-state index in [2.05, 4.69) is 58.7 Å². The van der Waals surface area contributed by atoms with Crippen molar-refractivity contribution in [3.63, 3.8) is 0 Å². The van der Waals surface area contributed by atoms with Crippen LogP contribution >= 0.6 is 0 Å². The molecule has 0 unspecified atom stereocenters. The van der Waals surface area contributed by atoms with Gasteiger partial charge in [-0.05, 0) is 67.8 Å². The van der Waals surface area contributed by atoms with Crippen LogP contribution in [0.15, 0.2) is 77.4 Å². The van der Waals surface area contributed by atoms with E-state index < -0.39 is 0 Å². The highest BCUT2D eigenvalue weighted by atomic mass is 16.3. The van der Waals surface area contributed by atoms with Crippen molar-refractivity contribution >= 4 is 11.6 Å². The van der Waals surface area contributed by atoms with Gasteiger partial charge in [0, 0.05) is 50.4 Å². The van der Waals surface area contributed by atoms with Crippen LogP contribution in [0.25, 0.3) is 0 Å². The Morgan fingerprint density at radius 2 is 1.75 bits per heavy atom. The summed E-state index contributed by atoms with van der Waals surface area (Å²) in [5.41, 5.74) is 3.23. The second kappa shape index (κ2) is 10.5. The lowest BCUT2D eigenvalue weighted by atomic mass is 9.93. The van der Waals surface area contributed by atoms with Crippen LogP contribution in [0.3, 0.4) is 0 Å². The van der Waals surface area contributed by atoms with Crippen LogP contribution in [0.2, 0.25) is 0 Å². The number of piperidine rings is 1. The van der Waals surface area contributed by atoms with Crippen molar-refractivity contribution in [2.45, 2.75) is 31.2 Å². The Bertz CT molecular complexity index is 960. The van der Waals surface area contributed by atoms with Crippen molar-refractivity contribution in [1.82, 2.24) is 10.2 Å². The zero-order chi connectivity index (χ0) is 22.3. The van der Waals surface area contributed by atoms with Crippen LogP contribution in [0, 0.1) is 0 Å². The van der Waals surface area contributed by atoms with Gasteiger partial charge in [-0.25, -0.2) is 0 Å². The van der Waals surface area contributed by atoms with Crippen molar-refractivity contribution in [2.24, 2.45) is 0 Å². The van der Waals surface area contributed by atoms with Gasteiger partial charge in [0.05, 0.1) is 6.26 Å². The van der Waals surface area contributed by atoms with Gasteiger partial charge < -0.3 is 19.5 Å². The van der Waals surface area contributed by atoms with E-state index in [4.69, 9.17) is 4.42 Å². The van der Waals surface area contributed by atoms with E-state index in [1.165, 1.54) is 11.3 Å². The van der Waals surface area contributed by atoms with Gasteiger partial charge in [0.15, 0.2) is 0 Å². The summed E-state index contributed by atoms with van der Waals surface area (Å²) in [5.74, 6) is 1.36. The highest BCUT2D eigenvalue weighted by Gasteiger charge is 2.21. The van der Waals surface area contributed by atoms with Crippen LogP contribution in [0.5, 0.6) is 0 Å². The van der Waals surface area contributed by atoms with E-state index in [9.17, 15) is 4.79 Å². The summed E-state index contributed by atoms with van der Waals surface area (Å²) in [6.45, 7) is 3.02. The summed E-state index contributed by atoms with van der Waals surface area (Å²) in [4.78, 5) is 16.1. The second-order valence-electron chi connectivity index (χ2n) is 8.73. The van der Waals surface area contributed by atoms with Crippen LogP contribution in [0.4, 0.5) is 5.69 Å². The van der Waals surface area contributed by atoms with Crippen LogP contribution in [0.1, 0.15) is 46.9 Å². The molecule has 5 nitrogen and oxygen atoms in total. The quantitative estimate of drug-likeness (QED) is 0.559. The van der Waals surface area contributed by atoms with Gasteiger partial charge in [-0.15, -0.1) is 0 Å². The molecule has 1 amide bonds. The Kier molecular flexibility index (Phi) is 7.28. The predicted molar refractivity (Wildman–Crippen MR) is 129 cm³/mol. The fourth-order valence-corrected chi connectivity index (χ4v) is 4.49. The lowest BCUT2D eigenvalue weighted by molar-refractivity contribution is 0.0827. The Morgan fingerprint density at radius 1 is 1.03 bits per heavy atom. The number of amides is 1. The summed E-state index contributed by atoms with van der Waals surface area (Å²) < 4.78 is 5.73. The second-order valence-corrected chi connectivity index (χ2v) is 8.73. The molecule has 1 fully saturated rings. The molecule has 0 spiro atoms. The number of benzene rings is 2. The highest BCUT2D eigenvalue weighted by Crippen LogP contribution is 2.28. The SMILES string of the molecule is CN(C)C(=O)c1ccc(N2CCC(NCC[C@@H](c3ccccc3)c3ccco3)CC2)cc1. The zero-order valence-electron chi connectivity index (χ0n) is 19.0. The topological polar surface area (TPSA) is 48.7 Å². The molecule has 3 aromatic rings. The maximum absolute atomic E-state index is 12.1. The number of hydrogen-bond donors (Lipinski definition) is 1. The molecule has 1 N–H and O–H groups in total. The molecule has 1 aliphatic heterocycles. The molecule has 1 saturated heterocycles. The van der Waals surface area contributed by atoms with Crippen molar-refractivity contribution < 1.29 is 9.21 Å². The first-order valence-electron chi connectivity index (χ1n) is 11.5. The van der Waals surface area contributed by atoms with Gasteiger partial charge in [0.25, 0.3) is 5.91 Å². The molecule has 0 radical (unpaired) electrons. The largest absolute Gasteiger partial charge is 0.469 e. The van der Waals surface area contributed by atoms with Crippen LogP contribution in [-0.2, 0) is 0 Å². The summed E-state index contributed by atoms with van der Waals surface area (Å²) in [6, 6.07) is 23.2. The van der Waals surface area contributed by atoms with E-state index >= 15 is 0 Å². The molecular weight excluding hydrogens is 398 g/mol. The Morgan fingerprint density at radius 3 is 2.38 bits per heavy atom. The molecule has 32 heavy (non-hydrogen) atoms. The third kappa shape index (κ3) is 5.40. The fourth-order valence-electron chi connectivity index (χ4n) is 4.49. The lowest BCUT2D eigenvalue weighted by Gasteiger charge is -2.34. The Hall–Kier alpha value is -3.05. The minimum absolute atomic E-state index is 0.0443. The molecule has 0 bridgehead atoms. The molecule has 4 rings (SSSR count). The van der Waals surface area contributed by atoms with Gasteiger partial charge in [0.1, 0.15) is 5.76 Å². The number of anilines is 1. The monoisotopic (exact) mass is 431 g/mol. The number of nitrogens with zero attached hydrogens (tertiary/aromatic N) is 2. The number of carbonyl (C=O) groups is 1. The molecule has 2 heterocycles. The van der Waals surface area contributed by atoms with E-state index in [-0.39, 0.29) is 11.8 Å². The molecule has 1 aliphatic rings. The van der Waals surface area contributed by atoms with Crippen molar-refractivity contribution in [1.29, 1.82) is 0 Å². The summed E-state index contributed by atoms with van der Waals surface area (Å²) in [5, 5.41) is 3.77. The average molecular weight is 432 g/mol. The molecule has 2 aromatic carbocycles. The van der Waals surface area contributed by atoms with Gasteiger partial charge in [-0.3, -0.25) is 4.79 Å². The molecule has 1 aromatic heterocycles. The van der Waals surface area contributed by atoms with Crippen molar-refractivity contribution in [2.75, 3.05) is 38.6 Å². The van der Waals surface area contributed by atoms with Crippen molar-refractivity contribution in [3.05, 3.63) is 89.9 Å². The standard InChI is InChI=1S/C27H33N3O2/c1-29(2)27(31)22-10-12-24(13-11-22)30-18-15-23(16-19-30)28-17-14-25(26-9-6-20-32-26)21-7-4-3-5-8-21/h3-13,20,23,25,28H,14-19H2,1-2H3/t25-/m0/s1. The van der Waals surface area contributed by atoms with E-state index in [1.807, 2.05) is 18.2 Å². The minimum atomic E-state index is 0.0443. The minimum Gasteiger partial charge on any atom is -0.469 e. The number of furan rings is 1. The van der Waals surface area contributed by atoms with Crippen molar-refractivity contribution in [3.8, 4) is 0 Å². The van der Waals surface area contributed by atoms with Crippen LogP contribution < -0.4 is 10.2 Å². The van der Waals surface area contributed by atoms with Gasteiger partial charge in [-0.2, -0.15) is 0 Å². The average Bonchev–Trinajstić information content (AvgIpc) is 3.37. The maximum atomic E-state index is 12.1. The maximum Gasteiger partial charge on any atom is 0.253 e. The summed E-state index contributed by atoms with van der Waals surface area (Å²) in [6.07, 6.45) is 5.01. The van der Waals surface area contributed by atoms with E-state index in [1.54, 1.807) is 25.3 Å². The lowest BCUT2D eigenvalue weighted by Crippen LogP contribution is -2.43. The first kappa shape index (κ1) is 22.2. The third-order valence-corrected chi connectivity index (χ3v) is 6.34. The molecule has 5 heteroatoms. The summed E-state index contributed by atoms with van der Waals surface area (Å²) >= 11 is 0. The highest BCUT2D eigenvalue weighted by molar-refractivity contribution is 5.94. The van der Waals surface area contributed by atoms with Crippen LogP contribution in [-0.4, -0.2) is 50.6 Å². The summed E-state index contributed by atoms with van der Waals surface area (Å²) in [7, 11) is 3.56. The number of rotatable bonds is 8.